The summed E-state index contributed by atoms with van der Waals surface area (Å²) in [6, 6.07) is 4.95. The third-order valence-electron chi connectivity index (χ3n) is 2.70. The lowest BCUT2D eigenvalue weighted by Crippen LogP contribution is -2.45. The molecule has 1 unspecified atom stereocenters. The number of hydrogen-bond donors (Lipinski definition) is 3. The number of methoxy groups -OCH3 is 1. The molecule has 0 aromatic heterocycles. The number of nitrogens with one attached hydrogen (secondary N) is 3. The van der Waals surface area contributed by atoms with Crippen LogP contribution in [0.5, 0.6) is 0 Å². The maximum absolute atomic E-state index is 12.7. The number of rotatable bonds is 8. The fourth-order valence-corrected chi connectivity index (χ4v) is 1.51. The van der Waals surface area contributed by atoms with E-state index in [0.29, 0.717) is 18.8 Å². The van der Waals surface area contributed by atoms with E-state index in [1.165, 1.54) is 24.3 Å². The molecule has 0 aliphatic carbocycles. The minimum absolute atomic E-state index is 0.0176. The second-order valence-electron chi connectivity index (χ2n) is 4.44. The molecule has 0 radical (unpaired) electrons. The summed E-state index contributed by atoms with van der Waals surface area (Å²) < 4.78 is 17.5. The van der Waals surface area contributed by atoms with Gasteiger partial charge in [0.25, 0.3) is 0 Å². The standard InChI is InChI=1S/C14H20FN3O3/c1-10(14(20)16-7-8-21-2)17-9-13(19)18-12-5-3-11(15)4-6-12/h3-6,10,17H,7-9H2,1-2H3,(H,16,20)(H,18,19). The zero-order chi connectivity index (χ0) is 15.7. The molecule has 0 aliphatic heterocycles. The van der Waals surface area contributed by atoms with Crippen molar-refractivity contribution in [2.24, 2.45) is 0 Å². The van der Waals surface area contributed by atoms with E-state index in [0.717, 1.165) is 0 Å². The molecule has 1 rings (SSSR count). The van der Waals surface area contributed by atoms with E-state index in [2.05, 4.69) is 16.0 Å². The highest BCUT2D eigenvalue weighted by atomic mass is 19.1. The first-order valence-electron chi connectivity index (χ1n) is 6.58. The number of ether oxygens (including phenoxy) is 1. The Balaban J connectivity index is 2.28. The van der Waals surface area contributed by atoms with Crippen LogP contribution in [0.3, 0.4) is 0 Å². The lowest BCUT2D eigenvalue weighted by atomic mass is 10.3. The minimum atomic E-state index is -0.499. The number of hydrogen-bond acceptors (Lipinski definition) is 4. The molecule has 116 valence electrons. The maximum atomic E-state index is 12.7. The van der Waals surface area contributed by atoms with Gasteiger partial charge in [0.15, 0.2) is 0 Å². The summed E-state index contributed by atoms with van der Waals surface area (Å²) in [5.41, 5.74) is 0.500. The van der Waals surface area contributed by atoms with Crippen molar-refractivity contribution in [3.63, 3.8) is 0 Å². The predicted octanol–water partition coefficient (Wildman–Crippen LogP) is 0.505. The number of anilines is 1. The zero-order valence-corrected chi connectivity index (χ0v) is 12.1. The Hall–Kier alpha value is -1.99. The molecular formula is C14H20FN3O3. The number of carbonyl (C=O) groups is 2. The summed E-state index contributed by atoms with van der Waals surface area (Å²) in [5.74, 6) is -0.882. The summed E-state index contributed by atoms with van der Waals surface area (Å²) in [4.78, 5) is 23.3. The molecule has 3 N–H and O–H groups in total. The minimum Gasteiger partial charge on any atom is -0.383 e. The van der Waals surface area contributed by atoms with Crippen molar-refractivity contribution in [2.45, 2.75) is 13.0 Å². The fraction of sp³-hybridized carbons (Fsp3) is 0.429. The molecule has 0 spiro atoms. The predicted molar refractivity (Wildman–Crippen MR) is 77.4 cm³/mol. The van der Waals surface area contributed by atoms with Gasteiger partial charge in [0.05, 0.1) is 19.2 Å². The lowest BCUT2D eigenvalue weighted by molar-refractivity contribution is -0.123. The Morgan fingerprint density at radius 3 is 2.57 bits per heavy atom. The summed E-state index contributed by atoms with van der Waals surface area (Å²) in [6.07, 6.45) is 0. The van der Waals surface area contributed by atoms with Gasteiger partial charge in [-0.05, 0) is 31.2 Å². The molecular weight excluding hydrogens is 277 g/mol. The second-order valence-corrected chi connectivity index (χ2v) is 4.44. The van der Waals surface area contributed by atoms with Crippen molar-refractivity contribution in [1.29, 1.82) is 0 Å². The Labute approximate surface area is 123 Å². The van der Waals surface area contributed by atoms with Crippen molar-refractivity contribution in [3.8, 4) is 0 Å². The smallest absolute Gasteiger partial charge is 0.238 e. The summed E-state index contributed by atoms with van der Waals surface area (Å²) in [6.45, 7) is 2.50. The first-order chi connectivity index (χ1) is 10.0. The van der Waals surface area contributed by atoms with Gasteiger partial charge in [0.1, 0.15) is 5.82 Å². The topological polar surface area (TPSA) is 79.5 Å². The van der Waals surface area contributed by atoms with Crippen LogP contribution < -0.4 is 16.0 Å². The van der Waals surface area contributed by atoms with Gasteiger partial charge in [-0.25, -0.2) is 4.39 Å². The Kier molecular flexibility index (Phi) is 7.34. The van der Waals surface area contributed by atoms with E-state index in [-0.39, 0.29) is 24.2 Å². The van der Waals surface area contributed by atoms with E-state index in [1.54, 1.807) is 14.0 Å². The van der Waals surface area contributed by atoms with Crippen LogP contribution in [0.15, 0.2) is 24.3 Å². The number of halogens is 1. The van der Waals surface area contributed by atoms with Crippen LogP contribution >= 0.6 is 0 Å². The second kappa shape index (κ2) is 9.04. The average Bonchev–Trinajstić information content (AvgIpc) is 2.47. The van der Waals surface area contributed by atoms with E-state index in [1.807, 2.05) is 0 Å². The van der Waals surface area contributed by atoms with Crippen molar-refractivity contribution in [1.82, 2.24) is 10.6 Å². The largest absolute Gasteiger partial charge is 0.383 e. The monoisotopic (exact) mass is 297 g/mol. The van der Waals surface area contributed by atoms with E-state index in [9.17, 15) is 14.0 Å². The molecule has 0 bridgehead atoms. The maximum Gasteiger partial charge on any atom is 0.238 e. The van der Waals surface area contributed by atoms with Crippen LogP contribution in [-0.2, 0) is 14.3 Å². The Morgan fingerprint density at radius 2 is 1.95 bits per heavy atom. The molecule has 2 amide bonds. The highest BCUT2D eigenvalue weighted by Crippen LogP contribution is 2.07. The van der Waals surface area contributed by atoms with Gasteiger partial charge in [0, 0.05) is 19.3 Å². The quantitative estimate of drug-likeness (QED) is 0.611. The van der Waals surface area contributed by atoms with E-state index in [4.69, 9.17) is 4.74 Å². The Morgan fingerprint density at radius 1 is 1.29 bits per heavy atom. The third kappa shape index (κ3) is 6.82. The molecule has 0 saturated carbocycles. The summed E-state index contributed by atoms with van der Waals surface area (Å²) >= 11 is 0. The normalized spacial score (nSPS) is 11.8. The Bertz CT molecular complexity index is 465. The van der Waals surface area contributed by atoms with Crippen molar-refractivity contribution >= 4 is 17.5 Å². The number of amides is 2. The molecule has 1 aromatic carbocycles. The summed E-state index contributed by atoms with van der Waals surface area (Å²) in [7, 11) is 1.55. The first-order valence-corrected chi connectivity index (χ1v) is 6.58. The summed E-state index contributed by atoms with van der Waals surface area (Å²) in [5, 5.41) is 8.06. The van der Waals surface area contributed by atoms with E-state index < -0.39 is 6.04 Å². The van der Waals surface area contributed by atoms with Gasteiger partial charge in [-0.15, -0.1) is 0 Å². The molecule has 0 saturated heterocycles. The fourth-order valence-electron chi connectivity index (χ4n) is 1.51. The van der Waals surface area contributed by atoms with E-state index >= 15 is 0 Å². The molecule has 0 aliphatic rings. The zero-order valence-electron chi connectivity index (χ0n) is 12.1. The SMILES string of the molecule is COCCNC(=O)C(C)NCC(=O)Nc1ccc(F)cc1. The lowest BCUT2D eigenvalue weighted by Gasteiger charge is -2.13. The first kappa shape index (κ1) is 17.1. The van der Waals surface area contributed by atoms with Crippen LogP contribution in [-0.4, -0.2) is 44.7 Å². The molecule has 1 aromatic rings. The van der Waals surface area contributed by atoms with Crippen LogP contribution in [0, 0.1) is 5.82 Å². The van der Waals surface area contributed by atoms with Crippen LogP contribution in [0.4, 0.5) is 10.1 Å². The molecule has 0 fully saturated rings. The molecule has 6 nitrogen and oxygen atoms in total. The van der Waals surface area contributed by atoms with Gasteiger partial charge in [-0.2, -0.15) is 0 Å². The van der Waals surface area contributed by atoms with Crippen molar-refractivity contribution in [2.75, 3.05) is 32.1 Å². The van der Waals surface area contributed by atoms with Crippen LogP contribution in [0.2, 0.25) is 0 Å². The van der Waals surface area contributed by atoms with Gasteiger partial charge < -0.3 is 15.4 Å². The van der Waals surface area contributed by atoms with Gasteiger partial charge in [-0.1, -0.05) is 0 Å². The third-order valence-corrected chi connectivity index (χ3v) is 2.70. The van der Waals surface area contributed by atoms with Crippen LogP contribution in [0.1, 0.15) is 6.92 Å². The van der Waals surface area contributed by atoms with Crippen molar-refractivity contribution in [3.05, 3.63) is 30.1 Å². The van der Waals surface area contributed by atoms with Crippen molar-refractivity contribution < 1.29 is 18.7 Å². The molecule has 0 heterocycles. The van der Waals surface area contributed by atoms with Crippen LogP contribution in [0.25, 0.3) is 0 Å². The highest BCUT2D eigenvalue weighted by molar-refractivity contribution is 5.92. The van der Waals surface area contributed by atoms with Gasteiger partial charge in [0.2, 0.25) is 11.8 Å². The molecule has 21 heavy (non-hydrogen) atoms. The highest BCUT2D eigenvalue weighted by Gasteiger charge is 2.13. The number of benzene rings is 1. The molecule has 7 heteroatoms. The average molecular weight is 297 g/mol. The molecule has 1 atom stereocenters. The van der Waals surface area contributed by atoms with Gasteiger partial charge in [-0.3, -0.25) is 14.9 Å². The number of carbonyl (C=O) groups excluding carboxylic acids is 2. The van der Waals surface area contributed by atoms with Gasteiger partial charge >= 0.3 is 0 Å².